The van der Waals surface area contributed by atoms with E-state index in [1.54, 1.807) is 24.4 Å². The number of aromatic nitrogens is 2. The lowest BCUT2D eigenvalue weighted by atomic mass is 10.0. The Kier molecular flexibility index (Phi) is 8.78. The van der Waals surface area contributed by atoms with E-state index >= 15 is 0 Å². The summed E-state index contributed by atoms with van der Waals surface area (Å²) in [6.07, 6.45) is 3.30. The third-order valence-electron chi connectivity index (χ3n) is 6.98. The summed E-state index contributed by atoms with van der Waals surface area (Å²) in [7, 11) is 0. The van der Waals surface area contributed by atoms with Crippen molar-refractivity contribution in [1.29, 1.82) is 0 Å². The highest BCUT2D eigenvalue weighted by Gasteiger charge is 2.30. The highest BCUT2D eigenvalue weighted by Crippen LogP contribution is 2.32. The summed E-state index contributed by atoms with van der Waals surface area (Å²) in [5.74, 6) is 0.507. The summed E-state index contributed by atoms with van der Waals surface area (Å²) in [5.41, 5.74) is 3.25. The van der Waals surface area contributed by atoms with Crippen LogP contribution < -0.4 is 15.4 Å². The molecule has 40 heavy (non-hydrogen) atoms. The van der Waals surface area contributed by atoms with E-state index in [1.807, 2.05) is 31.2 Å². The highest BCUT2D eigenvalue weighted by atomic mass is 35.5. The number of amides is 2. The SMILES string of the molecule is CCOc1cccc(C(CO)NC(=O)CN2Cc3ccc(-c4nc(NC5CCOCC5)ncc4Cl)cc3C2=O)c1. The van der Waals surface area contributed by atoms with Crippen molar-refractivity contribution in [2.45, 2.75) is 38.4 Å². The van der Waals surface area contributed by atoms with Gasteiger partial charge in [-0.05, 0) is 49.1 Å². The fraction of sp³-hybridized carbons (Fsp3) is 0.379. The molecule has 210 valence electrons. The lowest BCUT2D eigenvalue weighted by molar-refractivity contribution is -0.122. The van der Waals surface area contributed by atoms with Crippen LogP contribution in [0.3, 0.4) is 0 Å². The Morgan fingerprint density at radius 2 is 2.08 bits per heavy atom. The van der Waals surface area contributed by atoms with Gasteiger partial charge in [-0.2, -0.15) is 0 Å². The number of aliphatic hydroxyl groups is 1. The summed E-state index contributed by atoms with van der Waals surface area (Å²) in [6.45, 7) is 3.66. The van der Waals surface area contributed by atoms with Crippen molar-refractivity contribution in [3.8, 4) is 17.0 Å². The Labute approximate surface area is 237 Å². The van der Waals surface area contributed by atoms with Gasteiger partial charge in [0.15, 0.2) is 0 Å². The molecule has 1 saturated heterocycles. The van der Waals surface area contributed by atoms with Crippen LogP contribution in [0.2, 0.25) is 5.02 Å². The largest absolute Gasteiger partial charge is 0.494 e. The van der Waals surface area contributed by atoms with Crippen LogP contribution in [-0.2, 0) is 16.1 Å². The van der Waals surface area contributed by atoms with E-state index in [4.69, 9.17) is 21.1 Å². The van der Waals surface area contributed by atoms with Crippen LogP contribution in [0.15, 0.2) is 48.7 Å². The summed E-state index contributed by atoms with van der Waals surface area (Å²) < 4.78 is 10.9. The van der Waals surface area contributed by atoms with Gasteiger partial charge >= 0.3 is 0 Å². The van der Waals surface area contributed by atoms with Crippen LogP contribution >= 0.6 is 11.6 Å². The summed E-state index contributed by atoms with van der Waals surface area (Å²) in [4.78, 5) is 36.6. The molecule has 0 saturated carbocycles. The van der Waals surface area contributed by atoms with Crippen LogP contribution in [0.5, 0.6) is 5.75 Å². The number of halogens is 1. The summed E-state index contributed by atoms with van der Waals surface area (Å²) in [6, 6.07) is 12.3. The van der Waals surface area contributed by atoms with E-state index in [2.05, 4.69) is 20.6 Å². The topological polar surface area (TPSA) is 126 Å². The van der Waals surface area contributed by atoms with Crippen molar-refractivity contribution in [2.24, 2.45) is 0 Å². The van der Waals surface area contributed by atoms with E-state index in [-0.39, 0.29) is 31.0 Å². The van der Waals surface area contributed by atoms with Gasteiger partial charge in [-0.3, -0.25) is 9.59 Å². The smallest absolute Gasteiger partial charge is 0.254 e. The average molecular weight is 566 g/mol. The van der Waals surface area contributed by atoms with E-state index in [1.165, 1.54) is 4.90 Å². The number of carbonyl (C=O) groups is 2. The molecule has 1 unspecified atom stereocenters. The molecule has 0 radical (unpaired) electrons. The van der Waals surface area contributed by atoms with Crippen molar-refractivity contribution in [3.63, 3.8) is 0 Å². The molecule has 3 heterocycles. The molecule has 0 spiro atoms. The summed E-state index contributed by atoms with van der Waals surface area (Å²) >= 11 is 6.45. The fourth-order valence-electron chi connectivity index (χ4n) is 4.94. The second-order valence-electron chi connectivity index (χ2n) is 9.76. The van der Waals surface area contributed by atoms with Crippen LogP contribution in [0.1, 0.15) is 47.3 Å². The number of carbonyl (C=O) groups excluding carboxylic acids is 2. The van der Waals surface area contributed by atoms with E-state index in [0.29, 0.717) is 59.9 Å². The molecule has 1 aromatic heterocycles. The molecule has 2 aliphatic heterocycles. The second-order valence-corrected chi connectivity index (χ2v) is 10.2. The Balaban J connectivity index is 1.26. The maximum Gasteiger partial charge on any atom is 0.254 e. The van der Waals surface area contributed by atoms with Gasteiger partial charge < -0.3 is 30.1 Å². The van der Waals surface area contributed by atoms with Crippen molar-refractivity contribution in [3.05, 3.63) is 70.4 Å². The number of nitrogens with one attached hydrogen (secondary N) is 2. The maximum atomic E-state index is 13.3. The zero-order valence-corrected chi connectivity index (χ0v) is 23.0. The maximum absolute atomic E-state index is 13.3. The Bertz CT molecular complexity index is 1380. The van der Waals surface area contributed by atoms with Gasteiger partial charge in [0.1, 0.15) is 12.3 Å². The van der Waals surface area contributed by atoms with Gasteiger partial charge in [0.2, 0.25) is 11.9 Å². The molecular formula is C29H32ClN5O5. The number of rotatable bonds is 10. The van der Waals surface area contributed by atoms with Crippen molar-refractivity contribution in [1.82, 2.24) is 20.2 Å². The Hall–Kier alpha value is -3.73. The molecule has 0 aliphatic carbocycles. The van der Waals surface area contributed by atoms with Crippen molar-refractivity contribution < 1.29 is 24.2 Å². The first-order chi connectivity index (χ1) is 19.4. The zero-order chi connectivity index (χ0) is 28.1. The number of ether oxygens (including phenoxy) is 2. The van der Waals surface area contributed by atoms with Crippen LogP contribution in [-0.4, -0.2) is 70.8 Å². The second kappa shape index (κ2) is 12.6. The Morgan fingerprint density at radius 3 is 2.85 bits per heavy atom. The van der Waals surface area contributed by atoms with Crippen LogP contribution in [0.25, 0.3) is 11.3 Å². The van der Waals surface area contributed by atoms with Crippen molar-refractivity contribution >= 4 is 29.4 Å². The molecule has 2 aliphatic rings. The lowest BCUT2D eigenvalue weighted by Crippen LogP contribution is -2.40. The third-order valence-corrected chi connectivity index (χ3v) is 7.26. The third kappa shape index (κ3) is 6.35. The number of benzene rings is 2. The average Bonchev–Trinajstić information content (AvgIpc) is 3.27. The zero-order valence-electron chi connectivity index (χ0n) is 22.2. The van der Waals surface area contributed by atoms with E-state index in [0.717, 1.165) is 24.0 Å². The predicted octanol–water partition coefficient (Wildman–Crippen LogP) is 3.59. The van der Waals surface area contributed by atoms with Gasteiger partial charge in [-0.15, -0.1) is 0 Å². The molecule has 1 atom stereocenters. The van der Waals surface area contributed by atoms with Gasteiger partial charge in [-0.1, -0.05) is 35.9 Å². The predicted molar refractivity (Wildman–Crippen MR) is 150 cm³/mol. The lowest BCUT2D eigenvalue weighted by Gasteiger charge is -2.23. The first-order valence-electron chi connectivity index (χ1n) is 13.4. The van der Waals surface area contributed by atoms with Gasteiger partial charge in [-0.25, -0.2) is 9.97 Å². The normalized spacial score (nSPS) is 16.0. The number of nitrogens with zero attached hydrogens (tertiary/aromatic N) is 3. The number of hydrogen-bond acceptors (Lipinski definition) is 8. The van der Waals surface area contributed by atoms with E-state index < -0.39 is 6.04 Å². The molecule has 1 fully saturated rings. The quantitative estimate of drug-likeness (QED) is 0.340. The van der Waals surface area contributed by atoms with Crippen LogP contribution in [0, 0.1) is 0 Å². The van der Waals surface area contributed by atoms with Gasteiger partial charge in [0.05, 0.1) is 36.2 Å². The van der Waals surface area contributed by atoms with Crippen LogP contribution in [0.4, 0.5) is 5.95 Å². The minimum absolute atomic E-state index is 0.141. The van der Waals surface area contributed by atoms with Gasteiger partial charge in [0, 0.05) is 36.9 Å². The van der Waals surface area contributed by atoms with E-state index in [9.17, 15) is 14.7 Å². The molecule has 10 nitrogen and oxygen atoms in total. The number of fused-ring (bicyclic) bond motifs is 1. The molecule has 3 aromatic rings. The number of aliphatic hydroxyl groups excluding tert-OH is 1. The monoisotopic (exact) mass is 565 g/mol. The first kappa shape index (κ1) is 27.8. The Morgan fingerprint density at radius 1 is 1.25 bits per heavy atom. The molecule has 5 rings (SSSR count). The minimum atomic E-state index is -0.622. The van der Waals surface area contributed by atoms with Gasteiger partial charge in [0.25, 0.3) is 5.91 Å². The fourth-order valence-corrected chi connectivity index (χ4v) is 5.14. The highest BCUT2D eigenvalue weighted by molar-refractivity contribution is 6.33. The molecule has 3 N–H and O–H groups in total. The standard InChI is InChI=1S/C29H32ClN5O5/c1-2-40-22-5-3-4-18(12-22)25(17-36)33-26(37)16-35-15-20-7-6-19(13-23(20)28(35)38)27-24(30)14-31-29(34-27)32-21-8-10-39-11-9-21/h3-7,12-14,21,25,36H,2,8-11,15-17H2,1H3,(H,33,37)(H,31,32,34). The molecule has 2 amide bonds. The number of anilines is 1. The number of hydrogen-bond donors (Lipinski definition) is 3. The molecule has 2 aromatic carbocycles. The molecule has 0 bridgehead atoms. The first-order valence-corrected chi connectivity index (χ1v) is 13.7. The molecular weight excluding hydrogens is 534 g/mol. The van der Waals surface area contributed by atoms with Crippen molar-refractivity contribution in [2.75, 3.05) is 38.3 Å². The molecule has 11 heteroatoms. The summed E-state index contributed by atoms with van der Waals surface area (Å²) in [5, 5.41) is 16.5. The minimum Gasteiger partial charge on any atom is -0.494 e.